The van der Waals surface area contributed by atoms with E-state index in [0.29, 0.717) is 35.0 Å². The molecule has 0 aromatic rings. The first-order valence-corrected chi connectivity index (χ1v) is 29.1. The summed E-state index contributed by atoms with van der Waals surface area (Å²) >= 11 is 15.7. The van der Waals surface area contributed by atoms with Gasteiger partial charge in [-0.1, -0.05) is 120 Å². The van der Waals surface area contributed by atoms with Crippen molar-refractivity contribution in [2.45, 2.75) is 139 Å². The summed E-state index contributed by atoms with van der Waals surface area (Å²) in [4.78, 5) is 64.3. The van der Waals surface area contributed by atoms with Crippen molar-refractivity contribution in [3.63, 3.8) is 0 Å². The molecule has 17 heteroatoms. The number of hydrogen-bond acceptors (Lipinski definition) is 12. The van der Waals surface area contributed by atoms with Crippen molar-refractivity contribution in [2.24, 2.45) is 35.5 Å². The molecule has 0 heterocycles. The van der Waals surface area contributed by atoms with E-state index in [1.54, 1.807) is 0 Å². The zero-order chi connectivity index (χ0) is 35.7. The fourth-order valence-electron chi connectivity index (χ4n) is 4.15. The molecule has 0 N–H and O–H groups in total. The smallest absolute Gasteiger partial charge is 0.825 e. The summed E-state index contributed by atoms with van der Waals surface area (Å²) in [5, 5.41) is 0. The van der Waals surface area contributed by atoms with Crippen molar-refractivity contribution in [1.82, 2.24) is 0 Å². The normalized spacial score (nSPS) is 13.9. The maximum absolute atomic E-state index is 10.7. The monoisotopic (exact) mass is 908 g/mol. The van der Waals surface area contributed by atoms with Crippen LogP contribution in [0.5, 0.6) is 0 Å². The van der Waals surface area contributed by atoms with Crippen LogP contribution in [-0.2, 0) is 70.1 Å². The molecule has 0 amide bonds. The van der Waals surface area contributed by atoms with Crippen LogP contribution in [0.1, 0.15) is 139 Å². The van der Waals surface area contributed by atoms with Crippen LogP contribution in [0.4, 0.5) is 0 Å². The first-order chi connectivity index (χ1) is 20.4. The molecule has 0 aliphatic heterocycles. The maximum Gasteiger partial charge on any atom is 3.00 e. The standard InChI is InChI=1S/3C10H23O2PS2.2Cr/c3*1-9(2)5-4-6-10(3)7-8-15-13(11,12)14;;/h3*9-10H,4-8H2,1-3H3,(H2,11,12,14);;/q;;;2*+3/p-6. The van der Waals surface area contributed by atoms with E-state index in [1.165, 1.54) is 57.8 Å². The quantitative estimate of drug-likeness (QED) is 0.0885. The predicted octanol–water partition coefficient (Wildman–Crippen LogP) is 7.55. The van der Waals surface area contributed by atoms with Crippen molar-refractivity contribution in [2.75, 3.05) is 17.3 Å². The average Bonchev–Trinajstić information content (AvgIpc) is 2.82. The van der Waals surface area contributed by atoms with Gasteiger partial charge in [0.25, 0.3) is 0 Å². The molecule has 2 radical (unpaired) electrons. The minimum absolute atomic E-state index is 0. The summed E-state index contributed by atoms with van der Waals surface area (Å²) in [5.41, 5.74) is -10.5. The Kier molecular flexibility index (Phi) is 45.4. The van der Waals surface area contributed by atoms with Gasteiger partial charge in [0.15, 0.2) is 0 Å². The average molecular weight is 909 g/mol. The Hall–Kier alpha value is 3.82. The maximum atomic E-state index is 10.7. The summed E-state index contributed by atoms with van der Waals surface area (Å²) in [6.07, 6.45) is 13.9. The van der Waals surface area contributed by atoms with Gasteiger partial charge >= 0.3 is 34.7 Å². The molecule has 0 aromatic heterocycles. The topological polar surface area (TPSA) is 138 Å². The fraction of sp³-hybridized carbons (Fsp3) is 1.00. The van der Waals surface area contributed by atoms with Gasteiger partial charge in [-0.3, -0.25) is 0 Å². The van der Waals surface area contributed by atoms with Crippen LogP contribution in [0.15, 0.2) is 0 Å². The summed E-state index contributed by atoms with van der Waals surface area (Å²) in [7, 11) is 0. The molecule has 6 nitrogen and oxygen atoms in total. The Balaban J connectivity index is -0.000000184. The van der Waals surface area contributed by atoms with E-state index in [2.05, 4.69) is 97.7 Å². The Bertz CT molecular complexity index is 727. The third-order valence-electron chi connectivity index (χ3n) is 7.02. The van der Waals surface area contributed by atoms with Gasteiger partial charge in [-0.2, -0.15) is 51.2 Å². The van der Waals surface area contributed by atoms with E-state index < -0.39 is 17.1 Å². The molecular weight excluding hydrogens is 846 g/mol. The van der Waals surface area contributed by atoms with Crippen molar-refractivity contribution < 1.29 is 64.1 Å². The van der Waals surface area contributed by atoms with Crippen molar-refractivity contribution in [3.05, 3.63) is 0 Å². The van der Waals surface area contributed by atoms with Gasteiger partial charge < -0.3 is 29.4 Å². The van der Waals surface area contributed by atoms with Crippen LogP contribution in [-0.4, -0.2) is 17.3 Å². The summed E-state index contributed by atoms with van der Waals surface area (Å²) in [6, 6.07) is 0. The summed E-state index contributed by atoms with van der Waals surface area (Å²) in [5.74, 6) is 6.06. The fourth-order valence-corrected chi connectivity index (χ4v) is 11.3. The molecule has 0 saturated heterocycles. The van der Waals surface area contributed by atoms with Gasteiger partial charge in [-0.15, -0.1) is 35.4 Å². The van der Waals surface area contributed by atoms with Crippen molar-refractivity contribution in [3.8, 4) is 0 Å². The minimum Gasteiger partial charge on any atom is -0.825 e. The van der Waals surface area contributed by atoms with Gasteiger partial charge in [0.1, 0.15) is 0 Å². The van der Waals surface area contributed by atoms with Gasteiger partial charge in [0.05, 0.1) is 0 Å². The first-order valence-electron chi connectivity index (χ1n) is 16.4. The van der Waals surface area contributed by atoms with Crippen LogP contribution < -0.4 is 29.4 Å². The largest absolute Gasteiger partial charge is 3.00 e. The predicted molar refractivity (Wildman–Crippen MR) is 208 cm³/mol. The molecule has 0 aliphatic rings. The molecule has 47 heavy (non-hydrogen) atoms. The second-order valence-corrected chi connectivity index (χ2v) is 31.2. The van der Waals surface area contributed by atoms with Crippen molar-refractivity contribution >= 4 is 86.6 Å². The number of hydrogen-bond donors (Lipinski definition) is 0. The minimum atomic E-state index is -3.51. The molecule has 0 bridgehead atoms. The molecule has 0 aliphatic carbocycles. The molecule has 0 aromatic carbocycles. The molecule has 0 spiro atoms. The molecule has 282 valence electrons. The van der Waals surface area contributed by atoms with Crippen LogP contribution >= 0.6 is 51.2 Å². The van der Waals surface area contributed by atoms with E-state index in [0.717, 1.165) is 71.2 Å². The van der Waals surface area contributed by atoms with E-state index in [1.807, 2.05) is 0 Å². The summed E-state index contributed by atoms with van der Waals surface area (Å²) < 4.78 is 0. The molecule has 0 fully saturated rings. The first kappa shape index (κ1) is 60.1. The van der Waals surface area contributed by atoms with E-state index in [4.69, 9.17) is 0 Å². The van der Waals surface area contributed by atoms with Crippen LogP contribution in [0.2, 0.25) is 0 Å². The van der Waals surface area contributed by atoms with Crippen molar-refractivity contribution in [1.29, 1.82) is 0 Å². The molecule has 3 unspecified atom stereocenters. The Morgan fingerprint density at radius 3 is 0.723 bits per heavy atom. The molecule has 3 atom stereocenters. The molecule has 0 saturated carbocycles. The Morgan fingerprint density at radius 2 is 0.574 bits per heavy atom. The zero-order valence-electron chi connectivity index (χ0n) is 30.1. The molecular formula is C30H63Cr2O6P3S6. The van der Waals surface area contributed by atoms with Crippen LogP contribution in [0, 0.1) is 35.5 Å². The summed E-state index contributed by atoms with van der Waals surface area (Å²) in [6.45, 7) is 19.9. The third kappa shape index (κ3) is 62.1. The van der Waals surface area contributed by atoms with Gasteiger partial charge in [0.2, 0.25) is 0 Å². The van der Waals surface area contributed by atoms with Crippen LogP contribution in [0.3, 0.4) is 0 Å². The zero-order valence-corrected chi connectivity index (χ0v) is 40.3. The molecule has 0 rings (SSSR count). The second-order valence-electron chi connectivity index (χ2n) is 13.5. The number of rotatable bonds is 24. The van der Waals surface area contributed by atoms with Gasteiger partial charge in [-0.25, -0.2) is 0 Å². The van der Waals surface area contributed by atoms with E-state index in [-0.39, 0.29) is 34.7 Å². The Labute approximate surface area is 339 Å². The van der Waals surface area contributed by atoms with Gasteiger partial charge in [-0.05, 0) is 72.0 Å². The van der Waals surface area contributed by atoms with E-state index >= 15 is 0 Å². The van der Waals surface area contributed by atoms with Gasteiger partial charge in [0, 0.05) is 0 Å². The second kappa shape index (κ2) is 35.5. The Morgan fingerprint density at radius 1 is 0.383 bits per heavy atom. The van der Waals surface area contributed by atoms with Crippen LogP contribution in [0.25, 0.3) is 0 Å². The SMILES string of the molecule is CC(C)CCCC(C)CCSP([O-])([O-])=S.CC(C)CCCC(C)CCSP([O-])([O-])=S.CC(C)CCCC(C)CCSP([O-])([O-])=S.[Cr+3].[Cr+3]. The third-order valence-corrected chi connectivity index (χ3v) is 16.6. The van der Waals surface area contributed by atoms with E-state index in [9.17, 15) is 29.4 Å².